The molecule has 2 aliphatic heterocycles. The number of nitrogens with zero attached hydrogens (tertiary/aromatic N) is 6. The van der Waals surface area contributed by atoms with Crippen molar-refractivity contribution in [1.82, 2.24) is 15.0 Å². The van der Waals surface area contributed by atoms with E-state index in [1.807, 2.05) is 30.0 Å². The van der Waals surface area contributed by atoms with Gasteiger partial charge in [0.15, 0.2) is 0 Å². The molecule has 2 aromatic rings. The molecule has 0 saturated carbocycles. The van der Waals surface area contributed by atoms with E-state index in [9.17, 15) is 13.2 Å². The highest BCUT2D eigenvalue weighted by Gasteiger charge is 2.40. The number of hydrogen-bond acceptors (Lipinski definition) is 6. The zero-order chi connectivity index (χ0) is 19.9. The van der Waals surface area contributed by atoms with Gasteiger partial charge in [0.1, 0.15) is 17.3 Å². The van der Waals surface area contributed by atoms with Gasteiger partial charge in [0.2, 0.25) is 5.95 Å². The van der Waals surface area contributed by atoms with Gasteiger partial charge in [0, 0.05) is 39.9 Å². The van der Waals surface area contributed by atoms with Crippen molar-refractivity contribution in [3.8, 4) is 0 Å². The number of piperidine rings is 1. The molecule has 2 atom stereocenters. The molecular weight excluding hydrogens is 369 g/mol. The molecule has 0 aromatic carbocycles. The Morgan fingerprint density at radius 2 is 1.86 bits per heavy atom. The van der Waals surface area contributed by atoms with Crippen LogP contribution in [-0.4, -0.2) is 54.7 Å². The minimum Gasteiger partial charge on any atom is -0.363 e. The zero-order valence-electron chi connectivity index (χ0n) is 15.9. The average Bonchev–Trinajstić information content (AvgIpc) is 3.11. The van der Waals surface area contributed by atoms with Crippen LogP contribution in [0.25, 0.3) is 0 Å². The first-order valence-corrected chi connectivity index (χ1v) is 9.39. The van der Waals surface area contributed by atoms with Gasteiger partial charge in [0.25, 0.3) is 0 Å². The maximum atomic E-state index is 13.0. The number of anilines is 3. The summed E-state index contributed by atoms with van der Waals surface area (Å²) in [6.45, 7) is 2.19. The first kappa shape index (κ1) is 18.8. The normalized spacial score (nSPS) is 22.3. The molecule has 0 N–H and O–H groups in total. The van der Waals surface area contributed by atoms with Crippen LogP contribution < -0.4 is 14.7 Å². The van der Waals surface area contributed by atoms with Crippen LogP contribution in [0, 0.1) is 5.92 Å². The van der Waals surface area contributed by atoms with E-state index in [-0.39, 0.29) is 6.04 Å². The Labute approximate surface area is 162 Å². The van der Waals surface area contributed by atoms with Crippen LogP contribution in [0.15, 0.2) is 30.5 Å². The molecule has 2 fully saturated rings. The molecule has 0 amide bonds. The van der Waals surface area contributed by atoms with Crippen LogP contribution in [-0.2, 0) is 6.18 Å². The summed E-state index contributed by atoms with van der Waals surface area (Å²) < 4.78 is 39.1. The Morgan fingerprint density at radius 1 is 1.07 bits per heavy atom. The van der Waals surface area contributed by atoms with E-state index in [0.717, 1.165) is 31.3 Å². The van der Waals surface area contributed by atoms with E-state index in [0.29, 0.717) is 30.8 Å². The Kier molecular flexibility index (Phi) is 4.76. The van der Waals surface area contributed by atoms with Crippen LogP contribution in [0.3, 0.4) is 0 Å². The fourth-order valence-electron chi connectivity index (χ4n) is 4.08. The number of rotatable bonds is 3. The van der Waals surface area contributed by atoms with Gasteiger partial charge in [-0.2, -0.15) is 18.2 Å². The summed E-state index contributed by atoms with van der Waals surface area (Å²) >= 11 is 0. The van der Waals surface area contributed by atoms with Crippen molar-refractivity contribution in [3.05, 3.63) is 36.2 Å². The van der Waals surface area contributed by atoms with Crippen molar-refractivity contribution >= 4 is 17.6 Å². The van der Waals surface area contributed by atoms with Gasteiger partial charge in [0.05, 0.1) is 6.04 Å². The molecule has 4 rings (SSSR count). The third-order valence-corrected chi connectivity index (χ3v) is 5.55. The monoisotopic (exact) mass is 392 g/mol. The molecule has 0 aliphatic carbocycles. The quantitative estimate of drug-likeness (QED) is 0.800. The van der Waals surface area contributed by atoms with Gasteiger partial charge >= 0.3 is 6.18 Å². The summed E-state index contributed by atoms with van der Waals surface area (Å²) in [7, 11) is 3.86. The number of halogens is 3. The Balaban J connectivity index is 1.57. The van der Waals surface area contributed by atoms with Crippen molar-refractivity contribution in [2.24, 2.45) is 5.92 Å². The number of fused-ring (bicyclic) bond motifs is 1. The smallest absolute Gasteiger partial charge is 0.363 e. The summed E-state index contributed by atoms with van der Waals surface area (Å²) in [5.41, 5.74) is -0.850. The minimum absolute atomic E-state index is 0.169. The van der Waals surface area contributed by atoms with Crippen molar-refractivity contribution < 1.29 is 13.2 Å². The summed E-state index contributed by atoms with van der Waals surface area (Å²) in [5.74, 6) is 2.38. The lowest BCUT2D eigenvalue weighted by Gasteiger charge is -2.39. The molecule has 2 unspecified atom stereocenters. The van der Waals surface area contributed by atoms with Crippen molar-refractivity contribution in [3.63, 3.8) is 0 Å². The summed E-state index contributed by atoms with van der Waals surface area (Å²) in [4.78, 5) is 19.0. The lowest BCUT2D eigenvalue weighted by molar-refractivity contribution is -0.141. The molecule has 0 bridgehead atoms. The van der Waals surface area contributed by atoms with Crippen molar-refractivity contribution in [2.75, 3.05) is 48.4 Å². The summed E-state index contributed by atoms with van der Waals surface area (Å²) in [6.07, 6.45) is -0.718. The molecule has 0 spiro atoms. The average molecular weight is 392 g/mol. The third kappa shape index (κ3) is 3.57. The first-order chi connectivity index (χ1) is 13.3. The standard InChI is InChI=1S/C19H23F3N6/c1-26(2)16-6-9-23-18(25-16)28-11-8-13-7-10-27(12-14(13)28)17-5-3-4-15(24-17)19(20,21)22/h3-6,9,13-14H,7-8,10-12H2,1-2H3. The highest BCUT2D eigenvalue weighted by atomic mass is 19.4. The van der Waals surface area contributed by atoms with E-state index in [1.54, 1.807) is 12.3 Å². The number of pyridine rings is 1. The molecule has 150 valence electrons. The van der Waals surface area contributed by atoms with E-state index >= 15 is 0 Å². The van der Waals surface area contributed by atoms with Crippen LogP contribution >= 0.6 is 0 Å². The summed E-state index contributed by atoms with van der Waals surface area (Å²) in [5, 5.41) is 0. The van der Waals surface area contributed by atoms with Gasteiger partial charge in [-0.1, -0.05) is 6.07 Å². The van der Waals surface area contributed by atoms with E-state index in [4.69, 9.17) is 0 Å². The molecule has 2 aliphatic rings. The first-order valence-electron chi connectivity index (χ1n) is 9.39. The molecule has 4 heterocycles. The number of alkyl halides is 3. The van der Waals surface area contributed by atoms with Crippen molar-refractivity contribution in [1.29, 1.82) is 0 Å². The van der Waals surface area contributed by atoms with Crippen LogP contribution in [0.2, 0.25) is 0 Å². The molecular formula is C19H23F3N6. The van der Waals surface area contributed by atoms with Crippen LogP contribution in [0.1, 0.15) is 18.5 Å². The van der Waals surface area contributed by atoms with Gasteiger partial charge in [-0.3, -0.25) is 0 Å². The highest BCUT2D eigenvalue weighted by molar-refractivity contribution is 5.47. The Hall–Kier alpha value is -2.58. The lowest BCUT2D eigenvalue weighted by Crippen LogP contribution is -2.49. The van der Waals surface area contributed by atoms with Gasteiger partial charge in [-0.15, -0.1) is 0 Å². The largest absolute Gasteiger partial charge is 0.433 e. The topological polar surface area (TPSA) is 48.4 Å². The fraction of sp³-hybridized carbons (Fsp3) is 0.526. The highest BCUT2D eigenvalue weighted by Crippen LogP contribution is 2.36. The van der Waals surface area contributed by atoms with Gasteiger partial charge < -0.3 is 14.7 Å². The molecule has 0 radical (unpaired) electrons. The van der Waals surface area contributed by atoms with Crippen molar-refractivity contribution in [2.45, 2.75) is 25.1 Å². The predicted molar refractivity (Wildman–Crippen MR) is 102 cm³/mol. The SMILES string of the molecule is CN(C)c1ccnc(N2CCC3CCN(c4cccc(C(F)(F)F)n4)CC32)n1. The second kappa shape index (κ2) is 7.10. The van der Waals surface area contributed by atoms with Crippen LogP contribution in [0.5, 0.6) is 0 Å². The second-order valence-corrected chi connectivity index (χ2v) is 7.53. The van der Waals surface area contributed by atoms with Crippen LogP contribution in [0.4, 0.5) is 30.8 Å². The number of hydrogen-bond donors (Lipinski definition) is 0. The second-order valence-electron chi connectivity index (χ2n) is 7.53. The lowest BCUT2D eigenvalue weighted by atomic mass is 9.92. The predicted octanol–water partition coefficient (Wildman–Crippen LogP) is 3.06. The molecule has 9 heteroatoms. The summed E-state index contributed by atoms with van der Waals surface area (Å²) in [6, 6.07) is 6.11. The molecule has 2 aromatic heterocycles. The molecule has 6 nitrogen and oxygen atoms in total. The molecule has 28 heavy (non-hydrogen) atoms. The zero-order valence-corrected chi connectivity index (χ0v) is 15.9. The van der Waals surface area contributed by atoms with E-state index in [1.165, 1.54) is 6.07 Å². The Morgan fingerprint density at radius 3 is 2.61 bits per heavy atom. The fourth-order valence-corrected chi connectivity index (χ4v) is 4.08. The minimum atomic E-state index is -4.44. The Bertz CT molecular complexity index is 840. The van der Waals surface area contributed by atoms with Gasteiger partial charge in [-0.25, -0.2) is 9.97 Å². The van der Waals surface area contributed by atoms with E-state index < -0.39 is 11.9 Å². The third-order valence-electron chi connectivity index (χ3n) is 5.55. The maximum Gasteiger partial charge on any atom is 0.433 e. The van der Waals surface area contributed by atoms with E-state index in [2.05, 4.69) is 19.9 Å². The van der Waals surface area contributed by atoms with Gasteiger partial charge in [-0.05, 0) is 37.0 Å². The number of aromatic nitrogens is 3. The maximum absolute atomic E-state index is 13.0. The molecule has 2 saturated heterocycles.